The Labute approximate surface area is 78.8 Å². The van der Waals surface area contributed by atoms with Crippen LogP contribution in [0.4, 0.5) is 5.69 Å². The number of nitrogens with one attached hydrogen (secondary N) is 1. The summed E-state index contributed by atoms with van der Waals surface area (Å²) in [5.41, 5.74) is 6.24. The third kappa shape index (κ3) is 1.48. The summed E-state index contributed by atoms with van der Waals surface area (Å²) in [6.45, 7) is 0. The number of nitrogen functional groups attached to an aromatic ring is 1. The van der Waals surface area contributed by atoms with E-state index in [4.69, 9.17) is 5.73 Å². The predicted octanol–water partition coefficient (Wildman–Crippen LogP) is 1.69. The Kier molecular flexibility index (Phi) is 1.90. The second kappa shape index (κ2) is 3.06. The molecule has 3 nitrogen and oxygen atoms in total. The number of aromatic amines is 1. The zero-order chi connectivity index (χ0) is 9.26. The lowest BCUT2D eigenvalue weighted by molar-refractivity contribution is 1.26. The minimum atomic E-state index is -0.231. The fourth-order valence-electron chi connectivity index (χ4n) is 1.06. The molecule has 2 heterocycles. The smallest absolute Gasteiger partial charge is 0.271 e. The molecule has 0 aliphatic carbocycles. The van der Waals surface area contributed by atoms with Crippen LogP contribution < -0.4 is 11.3 Å². The van der Waals surface area contributed by atoms with Crippen molar-refractivity contribution >= 4 is 17.0 Å². The average Bonchev–Trinajstić information content (AvgIpc) is 2.62. The van der Waals surface area contributed by atoms with Gasteiger partial charge in [-0.15, -0.1) is 11.3 Å². The molecule has 0 bridgehead atoms. The van der Waals surface area contributed by atoms with E-state index >= 15 is 0 Å². The van der Waals surface area contributed by atoms with Crippen molar-refractivity contribution in [3.05, 3.63) is 40.0 Å². The zero-order valence-electron chi connectivity index (χ0n) is 6.78. The number of hydrogen-bond acceptors (Lipinski definition) is 3. The number of pyridine rings is 1. The molecule has 0 fully saturated rings. The SMILES string of the molecule is Nc1ccc(-c2cccs2)[nH]c1=O. The van der Waals surface area contributed by atoms with Crippen LogP contribution in [0.5, 0.6) is 0 Å². The standard InChI is InChI=1S/C9H8N2OS/c10-6-3-4-7(11-9(6)12)8-2-1-5-13-8/h1-5H,10H2,(H,11,12). The van der Waals surface area contributed by atoms with Crippen LogP contribution in [-0.4, -0.2) is 4.98 Å². The molecule has 0 saturated heterocycles. The van der Waals surface area contributed by atoms with Crippen molar-refractivity contribution in [3.63, 3.8) is 0 Å². The highest BCUT2D eigenvalue weighted by Gasteiger charge is 2.00. The van der Waals surface area contributed by atoms with Gasteiger partial charge in [0.05, 0.1) is 16.3 Å². The fraction of sp³-hybridized carbons (Fsp3) is 0. The van der Waals surface area contributed by atoms with Crippen LogP contribution in [0.25, 0.3) is 10.6 Å². The molecule has 0 aliphatic heterocycles. The summed E-state index contributed by atoms with van der Waals surface area (Å²) in [5, 5.41) is 1.96. The molecule has 4 heteroatoms. The monoisotopic (exact) mass is 192 g/mol. The van der Waals surface area contributed by atoms with Gasteiger partial charge in [0.15, 0.2) is 0 Å². The summed E-state index contributed by atoms with van der Waals surface area (Å²) in [4.78, 5) is 14.9. The molecule has 13 heavy (non-hydrogen) atoms. The molecule has 2 rings (SSSR count). The lowest BCUT2D eigenvalue weighted by atomic mass is 10.3. The van der Waals surface area contributed by atoms with Gasteiger partial charge in [-0.05, 0) is 23.6 Å². The van der Waals surface area contributed by atoms with E-state index < -0.39 is 0 Å². The van der Waals surface area contributed by atoms with Crippen molar-refractivity contribution in [1.29, 1.82) is 0 Å². The number of H-pyrrole nitrogens is 1. The van der Waals surface area contributed by atoms with Crippen LogP contribution in [0.2, 0.25) is 0 Å². The van der Waals surface area contributed by atoms with E-state index in [0.717, 1.165) is 10.6 Å². The summed E-state index contributed by atoms with van der Waals surface area (Å²) < 4.78 is 0. The highest BCUT2D eigenvalue weighted by Crippen LogP contribution is 2.21. The molecule has 0 amide bonds. The van der Waals surface area contributed by atoms with Crippen LogP contribution in [0.3, 0.4) is 0 Å². The van der Waals surface area contributed by atoms with Crippen molar-refractivity contribution in [2.45, 2.75) is 0 Å². The van der Waals surface area contributed by atoms with E-state index in [1.165, 1.54) is 0 Å². The molecule has 0 unspecified atom stereocenters. The average molecular weight is 192 g/mol. The highest BCUT2D eigenvalue weighted by molar-refractivity contribution is 7.13. The summed E-state index contributed by atoms with van der Waals surface area (Å²) >= 11 is 1.58. The molecule has 3 N–H and O–H groups in total. The van der Waals surface area contributed by atoms with Crippen LogP contribution >= 0.6 is 11.3 Å². The third-order valence-electron chi connectivity index (χ3n) is 1.73. The van der Waals surface area contributed by atoms with Crippen LogP contribution in [0.15, 0.2) is 34.4 Å². The molecule has 0 saturated carbocycles. The summed E-state index contributed by atoms with van der Waals surface area (Å²) in [6, 6.07) is 7.32. The van der Waals surface area contributed by atoms with Gasteiger partial charge in [0, 0.05) is 0 Å². The molecule has 2 aromatic heterocycles. The molecule has 0 radical (unpaired) electrons. The molecule has 0 atom stereocenters. The van der Waals surface area contributed by atoms with Crippen molar-refractivity contribution in [2.75, 3.05) is 5.73 Å². The lowest BCUT2D eigenvalue weighted by Crippen LogP contribution is -2.11. The van der Waals surface area contributed by atoms with Crippen molar-refractivity contribution < 1.29 is 0 Å². The van der Waals surface area contributed by atoms with Crippen molar-refractivity contribution in [1.82, 2.24) is 4.98 Å². The summed E-state index contributed by atoms with van der Waals surface area (Å²) in [5.74, 6) is 0. The van der Waals surface area contributed by atoms with Gasteiger partial charge in [-0.2, -0.15) is 0 Å². The highest BCUT2D eigenvalue weighted by atomic mass is 32.1. The van der Waals surface area contributed by atoms with E-state index in [1.807, 2.05) is 23.6 Å². The van der Waals surface area contributed by atoms with Gasteiger partial charge >= 0.3 is 0 Å². The largest absolute Gasteiger partial charge is 0.394 e. The summed E-state index contributed by atoms with van der Waals surface area (Å²) in [6.07, 6.45) is 0. The number of hydrogen-bond donors (Lipinski definition) is 2. The Hall–Kier alpha value is -1.55. The van der Waals surface area contributed by atoms with E-state index in [9.17, 15) is 4.79 Å². The molecular formula is C9H8N2OS. The zero-order valence-corrected chi connectivity index (χ0v) is 7.60. The Balaban J connectivity index is 2.55. The topological polar surface area (TPSA) is 58.9 Å². The number of thiophene rings is 1. The molecule has 0 aromatic carbocycles. The maximum atomic E-state index is 11.2. The summed E-state index contributed by atoms with van der Waals surface area (Å²) in [7, 11) is 0. The maximum absolute atomic E-state index is 11.2. The van der Waals surface area contributed by atoms with Crippen LogP contribution in [0.1, 0.15) is 0 Å². The minimum Gasteiger partial charge on any atom is -0.394 e. The third-order valence-corrected chi connectivity index (χ3v) is 2.63. The molecule has 2 aromatic rings. The molecular weight excluding hydrogens is 184 g/mol. The van der Waals surface area contributed by atoms with Gasteiger partial charge in [0.2, 0.25) is 0 Å². The number of aromatic nitrogens is 1. The Morgan fingerprint density at radius 2 is 2.15 bits per heavy atom. The van der Waals surface area contributed by atoms with E-state index in [2.05, 4.69) is 4.98 Å². The Morgan fingerprint density at radius 1 is 1.31 bits per heavy atom. The first kappa shape index (κ1) is 8.07. The molecule has 0 aliphatic rings. The first-order valence-corrected chi connectivity index (χ1v) is 4.68. The minimum absolute atomic E-state index is 0.231. The van der Waals surface area contributed by atoms with E-state index in [-0.39, 0.29) is 11.2 Å². The Morgan fingerprint density at radius 3 is 2.77 bits per heavy atom. The van der Waals surface area contributed by atoms with Gasteiger partial charge in [-0.1, -0.05) is 6.07 Å². The normalized spacial score (nSPS) is 10.2. The van der Waals surface area contributed by atoms with Crippen LogP contribution in [-0.2, 0) is 0 Å². The number of anilines is 1. The van der Waals surface area contributed by atoms with Gasteiger partial charge < -0.3 is 10.7 Å². The Bertz CT molecular complexity index is 459. The molecule has 0 spiro atoms. The van der Waals surface area contributed by atoms with Gasteiger partial charge in [-0.25, -0.2) is 0 Å². The first-order chi connectivity index (χ1) is 6.27. The first-order valence-electron chi connectivity index (χ1n) is 3.80. The van der Waals surface area contributed by atoms with Crippen molar-refractivity contribution in [3.8, 4) is 10.6 Å². The van der Waals surface area contributed by atoms with Crippen molar-refractivity contribution in [2.24, 2.45) is 0 Å². The van der Waals surface area contributed by atoms with Gasteiger partial charge in [-0.3, -0.25) is 4.79 Å². The van der Waals surface area contributed by atoms with Gasteiger partial charge in [0.1, 0.15) is 0 Å². The second-order valence-electron chi connectivity index (χ2n) is 2.63. The van der Waals surface area contributed by atoms with Gasteiger partial charge in [0.25, 0.3) is 5.56 Å². The molecule has 66 valence electrons. The maximum Gasteiger partial charge on any atom is 0.271 e. The van der Waals surface area contributed by atoms with Crippen LogP contribution in [0, 0.1) is 0 Å². The number of rotatable bonds is 1. The van der Waals surface area contributed by atoms with E-state index in [0.29, 0.717) is 0 Å². The van der Waals surface area contributed by atoms with E-state index in [1.54, 1.807) is 17.4 Å². The lowest BCUT2D eigenvalue weighted by Gasteiger charge is -1.97. The number of nitrogens with two attached hydrogens (primary N) is 1. The quantitative estimate of drug-likeness (QED) is 0.722. The second-order valence-corrected chi connectivity index (χ2v) is 3.58. The fourth-order valence-corrected chi connectivity index (χ4v) is 1.77. The predicted molar refractivity (Wildman–Crippen MR) is 54.8 cm³/mol.